The second kappa shape index (κ2) is 13.8. The number of carbonyl (C=O) groups excluding carboxylic acids is 2. The number of piperidine rings is 4. The second-order valence-corrected chi connectivity index (χ2v) is 13.8. The van der Waals surface area contributed by atoms with E-state index in [2.05, 4.69) is 22.1 Å². The van der Waals surface area contributed by atoms with Crippen LogP contribution in [0.4, 0.5) is 0 Å². The Labute approximate surface area is 244 Å². The maximum Gasteiger partial charge on any atom is 0.281 e. The van der Waals surface area contributed by atoms with Crippen LogP contribution in [0.2, 0.25) is 0 Å². The summed E-state index contributed by atoms with van der Waals surface area (Å²) in [6.07, 6.45) is 6.31. The number of amides is 2. The van der Waals surface area contributed by atoms with E-state index in [0.717, 1.165) is 69.3 Å². The van der Waals surface area contributed by atoms with Crippen molar-refractivity contribution in [3.05, 3.63) is 35.4 Å². The van der Waals surface area contributed by atoms with Gasteiger partial charge < -0.3 is 15.4 Å². The lowest BCUT2D eigenvalue weighted by molar-refractivity contribution is -0.134. The molecule has 0 radical (unpaired) electrons. The average molecular weight is 586 g/mol. The van der Waals surface area contributed by atoms with Gasteiger partial charge in [0.1, 0.15) is 6.61 Å². The highest BCUT2D eigenvalue weighted by molar-refractivity contribution is 7.86. The first-order valence-corrected chi connectivity index (χ1v) is 16.4. The van der Waals surface area contributed by atoms with Crippen LogP contribution in [0.1, 0.15) is 68.4 Å². The van der Waals surface area contributed by atoms with E-state index < -0.39 is 10.2 Å². The zero-order valence-electron chi connectivity index (χ0n) is 23.8. The standard InChI is InChI=1S/C30H43N5O5S/c31-26-10-18-35(19-11-26)41(38,39)34-16-8-24(9-17-34)22-33-14-12-27(13-15-33)40-20-2-4-23-3-1-5-25(21-23)28-6-7-29(36)32-30(28)37/h1,3,5,21,24,26-28H,6-20,22,31H2,(H,32,36,37). The third-order valence-corrected chi connectivity index (χ3v) is 11.0. The highest BCUT2D eigenvalue weighted by Crippen LogP contribution is 2.26. The van der Waals surface area contributed by atoms with Crippen LogP contribution in [-0.2, 0) is 24.5 Å². The third-order valence-electron chi connectivity index (χ3n) is 8.93. The van der Waals surface area contributed by atoms with Crippen LogP contribution in [0.3, 0.4) is 0 Å². The zero-order chi connectivity index (χ0) is 28.8. The summed E-state index contributed by atoms with van der Waals surface area (Å²) < 4.78 is 35.4. The van der Waals surface area contributed by atoms with Crippen molar-refractivity contribution in [2.75, 3.05) is 52.4 Å². The number of hydrogen-bond acceptors (Lipinski definition) is 7. The van der Waals surface area contributed by atoms with Gasteiger partial charge in [0.2, 0.25) is 11.8 Å². The molecule has 1 aromatic carbocycles. The summed E-state index contributed by atoms with van der Waals surface area (Å²) in [4.78, 5) is 26.1. The number of likely N-dealkylation sites (tertiary alicyclic amines) is 1. The lowest BCUT2D eigenvalue weighted by Crippen LogP contribution is -2.51. The molecule has 0 aromatic heterocycles. The van der Waals surface area contributed by atoms with Crippen molar-refractivity contribution in [3.8, 4) is 11.8 Å². The summed E-state index contributed by atoms with van der Waals surface area (Å²) in [5.41, 5.74) is 7.67. The molecule has 224 valence electrons. The molecule has 4 aliphatic heterocycles. The fourth-order valence-corrected chi connectivity index (χ4v) is 8.03. The fourth-order valence-electron chi connectivity index (χ4n) is 6.36. The summed E-state index contributed by atoms with van der Waals surface area (Å²) in [5, 5.41) is 2.42. The van der Waals surface area contributed by atoms with Crippen molar-refractivity contribution in [1.29, 1.82) is 0 Å². The Morgan fingerprint density at radius 1 is 0.927 bits per heavy atom. The van der Waals surface area contributed by atoms with E-state index in [9.17, 15) is 18.0 Å². The molecule has 5 rings (SSSR count). The SMILES string of the molecule is NC1CCN(S(=O)(=O)N2CCC(CN3CCC(OCC#Cc4cccc(C5CCC(=O)NC5=O)c4)CC3)CC2)CC1. The normalized spacial score (nSPS) is 25.0. The van der Waals surface area contributed by atoms with Crippen LogP contribution in [0.15, 0.2) is 24.3 Å². The van der Waals surface area contributed by atoms with E-state index >= 15 is 0 Å². The van der Waals surface area contributed by atoms with Crippen LogP contribution in [-0.4, -0.2) is 98.3 Å². The van der Waals surface area contributed by atoms with E-state index in [4.69, 9.17) is 10.5 Å². The summed E-state index contributed by atoms with van der Waals surface area (Å²) in [6.45, 7) is 5.62. The molecule has 0 bridgehead atoms. The molecule has 4 heterocycles. The van der Waals surface area contributed by atoms with Crippen molar-refractivity contribution in [2.45, 2.75) is 69.4 Å². The third kappa shape index (κ3) is 7.95. The van der Waals surface area contributed by atoms with Crippen molar-refractivity contribution < 1.29 is 22.7 Å². The number of nitrogens with zero attached hydrogens (tertiary/aromatic N) is 3. The molecule has 3 N–H and O–H groups in total. The molecule has 1 aromatic rings. The Hall–Kier alpha value is -2.33. The number of ether oxygens (including phenoxy) is 1. The summed E-state index contributed by atoms with van der Waals surface area (Å²) in [7, 11) is -3.37. The van der Waals surface area contributed by atoms with E-state index in [0.29, 0.717) is 51.5 Å². The first-order chi connectivity index (χ1) is 19.8. The van der Waals surface area contributed by atoms with E-state index in [-0.39, 0.29) is 29.9 Å². The number of rotatable bonds is 7. The van der Waals surface area contributed by atoms with E-state index in [1.807, 2.05) is 24.3 Å². The van der Waals surface area contributed by atoms with Gasteiger partial charge in [0, 0.05) is 63.8 Å². The molecule has 41 heavy (non-hydrogen) atoms. The number of imide groups is 1. The molecule has 1 unspecified atom stereocenters. The number of nitrogens with one attached hydrogen (secondary N) is 1. The van der Waals surface area contributed by atoms with Crippen LogP contribution in [0, 0.1) is 17.8 Å². The maximum atomic E-state index is 13.0. The van der Waals surface area contributed by atoms with Crippen LogP contribution >= 0.6 is 0 Å². The van der Waals surface area contributed by atoms with Gasteiger partial charge in [-0.3, -0.25) is 14.9 Å². The average Bonchev–Trinajstić information content (AvgIpc) is 2.97. The maximum absolute atomic E-state index is 13.0. The highest BCUT2D eigenvalue weighted by Gasteiger charge is 2.35. The first-order valence-electron chi connectivity index (χ1n) is 15.0. The number of benzene rings is 1. The van der Waals surface area contributed by atoms with Crippen molar-refractivity contribution in [1.82, 2.24) is 18.8 Å². The quantitative estimate of drug-likeness (QED) is 0.366. The minimum atomic E-state index is -3.37. The molecule has 4 fully saturated rings. The highest BCUT2D eigenvalue weighted by atomic mass is 32.2. The Bertz CT molecular complexity index is 1240. The van der Waals surface area contributed by atoms with E-state index in [1.165, 1.54) is 0 Å². The molecule has 0 saturated carbocycles. The predicted octanol–water partition coefficient (Wildman–Crippen LogP) is 1.42. The summed E-state index contributed by atoms with van der Waals surface area (Å²) in [5.74, 6) is 6.03. The minimum Gasteiger partial charge on any atom is -0.365 e. The van der Waals surface area contributed by atoms with Crippen LogP contribution in [0.25, 0.3) is 0 Å². The van der Waals surface area contributed by atoms with Gasteiger partial charge in [-0.1, -0.05) is 24.0 Å². The molecule has 2 amide bonds. The minimum absolute atomic E-state index is 0.117. The predicted molar refractivity (Wildman–Crippen MR) is 156 cm³/mol. The Balaban J connectivity index is 0.997. The van der Waals surface area contributed by atoms with Crippen molar-refractivity contribution >= 4 is 22.0 Å². The monoisotopic (exact) mass is 585 g/mol. The van der Waals surface area contributed by atoms with Gasteiger partial charge in [0.15, 0.2) is 0 Å². The lowest BCUT2D eigenvalue weighted by Gasteiger charge is -2.39. The van der Waals surface area contributed by atoms with E-state index in [1.54, 1.807) is 8.61 Å². The topological polar surface area (TPSA) is 125 Å². The molecular weight excluding hydrogens is 542 g/mol. The number of carbonyl (C=O) groups is 2. The Morgan fingerprint density at radius 2 is 1.61 bits per heavy atom. The molecule has 4 saturated heterocycles. The molecule has 0 spiro atoms. The molecule has 1 atom stereocenters. The molecule has 0 aliphatic carbocycles. The zero-order valence-corrected chi connectivity index (χ0v) is 24.6. The summed E-state index contributed by atoms with van der Waals surface area (Å²) in [6, 6.07) is 7.77. The van der Waals surface area contributed by atoms with Gasteiger partial charge in [-0.05, 0) is 68.6 Å². The second-order valence-electron chi connectivity index (χ2n) is 11.8. The lowest BCUT2D eigenvalue weighted by atomic mass is 9.90. The molecular formula is C30H43N5O5S. The van der Waals surface area contributed by atoms with Gasteiger partial charge in [0.25, 0.3) is 10.2 Å². The van der Waals surface area contributed by atoms with Gasteiger partial charge in [-0.15, -0.1) is 0 Å². The fraction of sp³-hybridized carbons (Fsp3) is 0.667. The largest absolute Gasteiger partial charge is 0.365 e. The van der Waals surface area contributed by atoms with Crippen molar-refractivity contribution in [3.63, 3.8) is 0 Å². The van der Waals surface area contributed by atoms with Crippen molar-refractivity contribution in [2.24, 2.45) is 11.7 Å². The molecule has 11 heteroatoms. The summed E-state index contributed by atoms with van der Waals surface area (Å²) >= 11 is 0. The number of hydrogen-bond donors (Lipinski definition) is 2. The first kappa shape index (κ1) is 30.1. The smallest absolute Gasteiger partial charge is 0.281 e. The van der Waals surface area contributed by atoms with Gasteiger partial charge in [-0.2, -0.15) is 17.0 Å². The molecule has 10 nitrogen and oxygen atoms in total. The Morgan fingerprint density at radius 3 is 2.29 bits per heavy atom. The molecule has 4 aliphatic rings. The van der Waals surface area contributed by atoms with Crippen LogP contribution in [0.5, 0.6) is 0 Å². The van der Waals surface area contributed by atoms with Gasteiger partial charge in [0.05, 0.1) is 12.0 Å². The Kier molecular flexibility index (Phi) is 10.1. The number of nitrogens with two attached hydrogens (primary N) is 1. The van der Waals surface area contributed by atoms with Gasteiger partial charge >= 0.3 is 0 Å². The van der Waals surface area contributed by atoms with Gasteiger partial charge in [-0.25, -0.2) is 0 Å². The van der Waals surface area contributed by atoms with Crippen LogP contribution < -0.4 is 11.1 Å².